The molecule has 0 spiro atoms. The molecule has 0 aliphatic rings. The molecule has 0 saturated heterocycles. The van der Waals surface area contributed by atoms with Crippen molar-refractivity contribution in [1.29, 1.82) is 0 Å². The van der Waals surface area contributed by atoms with Crippen LogP contribution in [0.3, 0.4) is 0 Å². The lowest BCUT2D eigenvalue weighted by Crippen LogP contribution is -2.06. The number of fused-ring (bicyclic) bond motifs is 1. The van der Waals surface area contributed by atoms with Crippen molar-refractivity contribution in [2.75, 3.05) is 5.32 Å². The van der Waals surface area contributed by atoms with Crippen LogP contribution in [0.15, 0.2) is 42.5 Å². The summed E-state index contributed by atoms with van der Waals surface area (Å²) in [4.78, 5) is 1.21. The number of hydrogen-bond donors (Lipinski definition) is 1. The van der Waals surface area contributed by atoms with Crippen LogP contribution in [0, 0.1) is 18.6 Å². The van der Waals surface area contributed by atoms with Crippen LogP contribution in [0.25, 0.3) is 10.1 Å². The fourth-order valence-electron chi connectivity index (χ4n) is 2.51. The summed E-state index contributed by atoms with van der Waals surface area (Å²) >= 11 is 1.73. The van der Waals surface area contributed by atoms with Gasteiger partial charge in [-0.25, -0.2) is 8.78 Å². The Morgan fingerprint density at radius 1 is 1.05 bits per heavy atom. The minimum absolute atomic E-state index is 0.0345. The van der Waals surface area contributed by atoms with Crippen LogP contribution in [0.1, 0.15) is 23.4 Å². The van der Waals surface area contributed by atoms with Crippen molar-refractivity contribution >= 4 is 27.1 Å². The summed E-state index contributed by atoms with van der Waals surface area (Å²) in [7, 11) is 0. The van der Waals surface area contributed by atoms with Gasteiger partial charge in [-0.3, -0.25) is 0 Å². The van der Waals surface area contributed by atoms with Gasteiger partial charge in [-0.05, 0) is 43.0 Å². The molecule has 1 heterocycles. The van der Waals surface area contributed by atoms with E-state index in [4.69, 9.17) is 0 Å². The molecular formula is C17H15F2NS. The van der Waals surface area contributed by atoms with Gasteiger partial charge in [-0.15, -0.1) is 11.3 Å². The predicted molar refractivity (Wildman–Crippen MR) is 85.0 cm³/mol. The number of anilines is 1. The van der Waals surface area contributed by atoms with Crippen molar-refractivity contribution in [2.45, 2.75) is 19.9 Å². The number of hydrogen-bond acceptors (Lipinski definition) is 2. The monoisotopic (exact) mass is 303 g/mol. The van der Waals surface area contributed by atoms with Gasteiger partial charge >= 0.3 is 0 Å². The summed E-state index contributed by atoms with van der Waals surface area (Å²) in [5.41, 5.74) is 1.82. The third-order valence-electron chi connectivity index (χ3n) is 3.58. The molecule has 1 unspecified atom stereocenters. The van der Waals surface area contributed by atoms with E-state index in [1.165, 1.54) is 26.6 Å². The molecule has 21 heavy (non-hydrogen) atoms. The molecule has 0 saturated carbocycles. The zero-order valence-electron chi connectivity index (χ0n) is 11.8. The molecule has 0 aliphatic heterocycles. The molecule has 4 heteroatoms. The molecular weight excluding hydrogens is 288 g/mol. The van der Waals surface area contributed by atoms with Crippen molar-refractivity contribution in [2.24, 2.45) is 0 Å². The Morgan fingerprint density at radius 2 is 1.81 bits per heavy atom. The second kappa shape index (κ2) is 5.45. The third kappa shape index (κ3) is 2.63. The average molecular weight is 303 g/mol. The normalized spacial score (nSPS) is 12.6. The fourth-order valence-corrected chi connectivity index (χ4v) is 3.72. The standard InChI is InChI=1S/C17H15F2NS/c1-10-13-5-3-4-6-16(13)21-17(10)11(2)20-12-7-8-14(18)15(19)9-12/h3-9,11,20H,1-2H3. The average Bonchev–Trinajstić information content (AvgIpc) is 2.81. The van der Waals surface area contributed by atoms with E-state index in [0.717, 1.165) is 6.07 Å². The quantitative estimate of drug-likeness (QED) is 0.658. The number of benzene rings is 2. The Labute approximate surface area is 126 Å². The molecule has 3 rings (SSSR count). The molecule has 1 atom stereocenters. The van der Waals surface area contributed by atoms with Crippen LogP contribution in [-0.2, 0) is 0 Å². The topological polar surface area (TPSA) is 12.0 Å². The van der Waals surface area contributed by atoms with Crippen LogP contribution in [0.4, 0.5) is 14.5 Å². The van der Waals surface area contributed by atoms with Gasteiger partial charge in [0.2, 0.25) is 0 Å². The van der Waals surface area contributed by atoms with Crippen molar-refractivity contribution in [3.63, 3.8) is 0 Å². The number of halogens is 2. The first-order valence-corrected chi connectivity index (χ1v) is 7.57. The minimum atomic E-state index is -0.833. The highest BCUT2D eigenvalue weighted by Gasteiger charge is 2.14. The maximum absolute atomic E-state index is 13.3. The van der Waals surface area contributed by atoms with E-state index < -0.39 is 11.6 Å². The van der Waals surface area contributed by atoms with Gasteiger partial charge in [0.25, 0.3) is 0 Å². The van der Waals surface area contributed by atoms with E-state index >= 15 is 0 Å². The van der Waals surface area contributed by atoms with E-state index in [0.29, 0.717) is 5.69 Å². The highest BCUT2D eigenvalue weighted by atomic mass is 32.1. The molecule has 1 N–H and O–H groups in total. The molecule has 108 valence electrons. The Hall–Kier alpha value is -1.94. The first kappa shape index (κ1) is 14.0. The predicted octanol–water partition coefficient (Wildman–Crippen LogP) is 5.66. The molecule has 0 fully saturated rings. The number of thiophene rings is 1. The van der Waals surface area contributed by atoms with Crippen molar-refractivity contribution in [1.82, 2.24) is 0 Å². The van der Waals surface area contributed by atoms with E-state index in [1.807, 2.05) is 19.1 Å². The lowest BCUT2D eigenvalue weighted by molar-refractivity contribution is 0.509. The Morgan fingerprint density at radius 3 is 2.52 bits per heavy atom. The van der Waals surface area contributed by atoms with Gasteiger partial charge in [-0.2, -0.15) is 0 Å². The maximum atomic E-state index is 13.3. The van der Waals surface area contributed by atoms with E-state index in [2.05, 4.69) is 24.4 Å². The fraction of sp³-hybridized carbons (Fsp3) is 0.176. The molecule has 1 nitrogen and oxygen atoms in total. The Kier molecular flexibility index (Phi) is 3.64. The third-order valence-corrected chi connectivity index (χ3v) is 5.03. The SMILES string of the molecule is Cc1c(C(C)Nc2ccc(F)c(F)c2)sc2ccccc12. The Balaban J connectivity index is 1.91. The highest BCUT2D eigenvalue weighted by molar-refractivity contribution is 7.19. The summed E-state index contributed by atoms with van der Waals surface area (Å²) < 4.78 is 27.5. The second-order valence-electron chi connectivity index (χ2n) is 5.08. The molecule has 2 aromatic carbocycles. The zero-order chi connectivity index (χ0) is 15.0. The molecule has 3 aromatic rings. The van der Waals surface area contributed by atoms with Crippen LogP contribution in [0.2, 0.25) is 0 Å². The lowest BCUT2D eigenvalue weighted by Gasteiger charge is -2.15. The van der Waals surface area contributed by atoms with Gasteiger partial charge in [0, 0.05) is 21.3 Å². The minimum Gasteiger partial charge on any atom is -0.378 e. The molecule has 1 aromatic heterocycles. The van der Waals surface area contributed by atoms with Crippen LogP contribution < -0.4 is 5.32 Å². The van der Waals surface area contributed by atoms with Gasteiger partial charge in [0.15, 0.2) is 11.6 Å². The van der Waals surface area contributed by atoms with Crippen molar-refractivity contribution in [3.05, 3.63) is 64.5 Å². The van der Waals surface area contributed by atoms with Crippen molar-refractivity contribution in [3.8, 4) is 0 Å². The summed E-state index contributed by atoms with van der Waals surface area (Å²) in [6.07, 6.45) is 0. The summed E-state index contributed by atoms with van der Waals surface area (Å²) in [6, 6.07) is 12.2. The van der Waals surface area contributed by atoms with Crippen LogP contribution >= 0.6 is 11.3 Å². The van der Waals surface area contributed by atoms with E-state index in [-0.39, 0.29) is 6.04 Å². The summed E-state index contributed by atoms with van der Waals surface area (Å²) in [5, 5.41) is 4.48. The number of nitrogens with one attached hydrogen (secondary N) is 1. The molecule has 0 aliphatic carbocycles. The molecule has 0 bridgehead atoms. The van der Waals surface area contributed by atoms with Crippen LogP contribution in [-0.4, -0.2) is 0 Å². The largest absolute Gasteiger partial charge is 0.378 e. The Bertz CT molecular complexity index is 795. The number of rotatable bonds is 3. The van der Waals surface area contributed by atoms with E-state index in [1.54, 1.807) is 17.4 Å². The van der Waals surface area contributed by atoms with Gasteiger partial charge in [-0.1, -0.05) is 18.2 Å². The van der Waals surface area contributed by atoms with Gasteiger partial charge < -0.3 is 5.32 Å². The lowest BCUT2D eigenvalue weighted by atomic mass is 10.1. The summed E-state index contributed by atoms with van der Waals surface area (Å²) in [5.74, 6) is -1.66. The summed E-state index contributed by atoms with van der Waals surface area (Å²) in [6.45, 7) is 4.12. The second-order valence-corrected chi connectivity index (χ2v) is 6.17. The van der Waals surface area contributed by atoms with Crippen molar-refractivity contribution < 1.29 is 8.78 Å². The van der Waals surface area contributed by atoms with E-state index in [9.17, 15) is 8.78 Å². The maximum Gasteiger partial charge on any atom is 0.160 e. The molecule has 0 radical (unpaired) electrons. The van der Waals surface area contributed by atoms with Gasteiger partial charge in [0.05, 0.1) is 6.04 Å². The highest BCUT2D eigenvalue weighted by Crippen LogP contribution is 2.35. The van der Waals surface area contributed by atoms with Crippen LogP contribution in [0.5, 0.6) is 0 Å². The van der Waals surface area contributed by atoms with Gasteiger partial charge in [0.1, 0.15) is 0 Å². The first-order valence-electron chi connectivity index (χ1n) is 6.76. The smallest absolute Gasteiger partial charge is 0.160 e. The number of aryl methyl sites for hydroxylation is 1. The zero-order valence-corrected chi connectivity index (χ0v) is 12.6. The molecule has 0 amide bonds. The first-order chi connectivity index (χ1) is 10.1.